The molecule has 0 aromatic heterocycles. The first-order chi connectivity index (χ1) is 8.25. The molecule has 2 atom stereocenters. The zero-order chi connectivity index (χ0) is 12.1. The zero-order valence-corrected chi connectivity index (χ0v) is 10.5. The van der Waals surface area contributed by atoms with Gasteiger partial charge < -0.3 is 10.4 Å². The number of aliphatic hydroxyl groups is 1. The number of thioether (sulfide) groups is 1. The molecule has 2 nitrogen and oxygen atoms in total. The van der Waals surface area contributed by atoms with E-state index in [0.29, 0.717) is 11.8 Å². The molecule has 0 aliphatic carbocycles. The summed E-state index contributed by atoms with van der Waals surface area (Å²) in [6, 6.07) is 6.02. The molecule has 0 bridgehead atoms. The van der Waals surface area contributed by atoms with Crippen LogP contribution in [0.2, 0.25) is 0 Å². The lowest BCUT2D eigenvalue weighted by Gasteiger charge is -2.14. The average molecular weight is 255 g/mol. The van der Waals surface area contributed by atoms with Crippen LogP contribution in [-0.2, 0) is 0 Å². The van der Waals surface area contributed by atoms with Gasteiger partial charge in [0.25, 0.3) is 0 Å². The number of hydrogen-bond donors (Lipinski definition) is 2. The summed E-state index contributed by atoms with van der Waals surface area (Å²) in [4.78, 5) is 0. The van der Waals surface area contributed by atoms with Crippen LogP contribution in [0, 0.1) is 5.82 Å². The van der Waals surface area contributed by atoms with E-state index in [2.05, 4.69) is 5.32 Å². The SMILES string of the molecule is OC(CNCC1CCCS1)c1ccc(F)cc1. The lowest BCUT2D eigenvalue weighted by atomic mass is 10.1. The van der Waals surface area contributed by atoms with Crippen molar-refractivity contribution in [3.05, 3.63) is 35.6 Å². The van der Waals surface area contributed by atoms with Gasteiger partial charge in [0.1, 0.15) is 5.82 Å². The van der Waals surface area contributed by atoms with Crippen molar-refractivity contribution < 1.29 is 9.50 Å². The molecule has 1 aliphatic heterocycles. The molecule has 1 aromatic rings. The van der Waals surface area contributed by atoms with Crippen molar-refractivity contribution >= 4 is 11.8 Å². The van der Waals surface area contributed by atoms with Gasteiger partial charge in [-0.2, -0.15) is 11.8 Å². The predicted molar refractivity (Wildman–Crippen MR) is 69.7 cm³/mol. The Bertz CT molecular complexity index is 338. The molecule has 1 saturated heterocycles. The molecule has 2 unspecified atom stereocenters. The maximum Gasteiger partial charge on any atom is 0.123 e. The van der Waals surface area contributed by atoms with Crippen molar-refractivity contribution in [2.24, 2.45) is 0 Å². The normalized spacial score (nSPS) is 21.6. The third kappa shape index (κ3) is 3.98. The molecule has 94 valence electrons. The van der Waals surface area contributed by atoms with Crippen LogP contribution >= 0.6 is 11.8 Å². The highest BCUT2D eigenvalue weighted by atomic mass is 32.2. The van der Waals surface area contributed by atoms with Crippen LogP contribution < -0.4 is 5.32 Å². The van der Waals surface area contributed by atoms with Crippen LogP contribution in [-0.4, -0.2) is 29.2 Å². The average Bonchev–Trinajstić information content (AvgIpc) is 2.83. The number of aliphatic hydroxyl groups excluding tert-OH is 1. The van der Waals surface area contributed by atoms with Gasteiger partial charge in [-0.15, -0.1) is 0 Å². The third-order valence-corrected chi connectivity index (χ3v) is 4.39. The van der Waals surface area contributed by atoms with Crippen LogP contribution in [0.25, 0.3) is 0 Å². The summed E-state index contributed by atoms with van der Waals surface area (Å²) in [6.45, 7) is 1.48. The predicted octanol–water partition coefficient (Wildman–Crippen LogP) is 2.34. The number of halogens is 1. The van der Waals surface area contributed by atoms with Crippen molar-refractivity contribution in [1.29, 1.82) is 0 Å². The minimum Gasteiger partial charge on any atom is -0.387 e. The smallest absolute Gasteiger partial charge is 0.123 e. The maximum absolute atomic E-state index is 12.7. The van der Waals surface area contributed by atoms with E-state index >= 15 is 0 Å². The highest BCUT2D eigenvalue weighted by Crippen LogP contribution is 2.25. The topological polar surface area (TPSA) is 32.3 Å². The minimum absolute atomic E-state index is 0.267. The van der Waals surface area contributed by atoms with Crippen molar-refractivity contribution in [2.75, 3.05) is 18.8 Å². The molecule has 2 rings (SSSR count). The Morgan fingerprint density at radius 3 is 2.82 bits per heavy atom. The van der Waals surface area contributed by atoms with Crippen LogP contribution in [0.1, 0.15) is 24.5 Å². The molecule has 1 heterocycles. The second-order valence-electron chi connectivity index (χ2n) is 4.36. The fourth-order valence-electron chi connectivity index (χ4n) is 1.99. The summed E-state index contributed by atoms with van der Waals surface area (Å²) in [7, 11) is 0. The molecule has 17 heavy (non-hydrogen) atoms. The Hall–Kier alpha value is -0.580. The van der Waals surface area contributed by atoms with E-state index in [-0.39, 0.29) is 5.82 Å². The Morgan fingerprint density at radius 1 is 1.41 bits per heavy atom. The van der Waals surface area contributed by atoms with E-state index in [1.807, 2.05) is 11.8 Å². The quantitative estimate of drug-likeness (QED) is 0.847. The first-order valence-corrected chi connectivity index (χ1v) is 7.06. The molecule has 0 amide bonds. The van der Waals surface area contributed by atoms with Crippen LogP contribution in [0.3, 0.4) is 0 Å². The van der Waals surface area contributed by atoms with Gasteiger partial charge >= 0.3 is 0 Å². The first kappa shape index (κ1) is 12.9. The van der Waals surface area contributed by atoms with Gasteiger partial charge in [-0.3, -0.25) is 0 Å². The zero-order valence-electron chi connectivity index (χ0n) is 9.73. The van der Waals surface area contributed by atoms with E-state index in [9.17, 15) is 9.50 Å². The molecule has 2 N–H and O–H groups in total. The Balaban J connectivity index is 1.72. The summed E-state index contributed by atoms with van der Waals surface area (Å²) in [5.41, 5.74) is 0.762. The Kier molecular flexibility index (Phi) is 4.83. The lowest BCUT2D eigenvalue weighted by molar-refractivity contribution is 0.175. The largest absolute Gasteiger partial charge is 0.387 e. The molecule has 0 saturated carbocycles. The number of hydrogen-bond acceptors (Lipinski definition) is 3. The molecule has 0 radical (unpaired) electrons. The van der Waals surface area contributed by atoms with E-state index in [4.69, 9.17) is 0 Å². The molecular formula is C13H18FNOS. The minimum atomic E-state index is -0.554. The van der Waals surface area contributed by atoms with E-state index in [1.54, 1.807) is 12.1 Å². The molecule has 1 aliphatic rings. The summed E-state index contributed by atoms with van der Waals surface area (Å²) in [5.74, 6) is 0.989. The first-order valence-electron chi connectivity index (χ1n) is 6.01. The van der Waals surface area contributed by atoms with Crippen LogP contribution in [0.5, 0.6) is 0 Å². The van der Waals surface area contributed by atoms with Gasteiger partial charge in [0.2, 0.25) is 0 Å². The summed E-state index contributed by atoms with van der Waals surface area (Å²) in [5, 5.41) is 13.9. The molecular weight excluding hydrogens is 237 g/mol. The van der Waals surface area contributed by atoms with Crippen LogP contribution in [0.4, 0.5) is 4.39 Å². The number of benzene rings is 1. The fourth-order valence-corrected chi connectivity index (χ4v) is 3.22. The van der Waals surface area contributed by atoms with Gasteiger partial charge in [-0.05, 0) is 36.3 Å². The summed E-state index contributed by atoms with van der Waals surface area (Å²) < 4.78 is 12.7. The second-order valence-corrected chi connectivity index (χ2v) is 5.77. The third-order valence-electron chi connectivity index (χ3n) is 2.99. The second kappa shape index (κ2) is 6.38. The highest BCUT2D eigenvalue weighted by Gasteiger charge is 2.15. The molecule has 0 spiro atoms. The lowest BCUT2D eigenvalue weighted by Crippen LogP contribution is -2.27. The van der Waals surface area contributed by atoms with Crippen molar-refractivity contribution in [3.63, 3.8) is 0 Å². The van der Waals surface area contributed by atoms with Gasteiger partial charge in [0.05, 0.1) is 6.10 Å². The van der Waals surface area contributed by atoms with Gasteiger partial charge in [0, 0.05) is 18.3 Å². The maximum atomic E-state index is 12.7. The van der Waals surface area contributed by atoms with Crippen LogP contribution in [0.15, 0.2) is 24.3 Å². The van der Waals surface area contributed by atoms with E-state index < -0.39 is 6.10 Å². The Labute approximate surface area is 106 Å². The van der Waals surface area contributed by atoms with E-state index in [1.165, 1.54) is 30.7 Å². The van der Waals surface area contributed by atoms with Crippen molar-refractivity contribution in [2.45, 2.75) is 24.2 Å². The molecule has 1 aromatic carbocycles. The van der Waals surface area contributed by atoms with E-state index in [0.717, 1.165) is 12.1 Å². The molecule has 1 fully saturated rings. The Morgan fingerprint density at radius 2 is 2.18 bits per heavy atom. The number of nitrogens with one attached hydrogen (secondary N) is 1. The van der Waals surface area contributed by atoms with Crippen molar-refractivity contribution in [3.8, 4) is 0 Å². The monoisotopic (exact) mass is 255 g/mol. The standard InChI is InChI=1S/C13H18FNOS/c14-11-5-3-10(4-6-11)13(16)9-15-8-12-2-1-7-17-12/h3-6,12-13,15-16H,1-2,7-9H2. The fraction of sp³-hybridized carbons (Fsp3) is 0.538. The van der Waals surface area contributed by atoms with Gasteiger partial charge in [-0.25, -0.2) is 4.39 Å². The number of rotatable bonds is 5. The van der Waals surface area contributed by atoms with Gasteiger partial charge in [0.15, 0.2) is 0 Å². The summed E-state index contributed by atoms with van der Waals surface area (Å²) >= 11 is 2.00. The molecule has 4 heteroatoms. The van der Waals surface area contributed by atoms with Crippen molar-refractivity contribution in [1.82, 2.24) is 5.32 Å². The van der Waals surface area contributed by atoms with Gasteiger partial charge in [-0.1, -0.05) is 12.1 Å². The summed E-state index contributed by atoms with van der Waals surface area (Å²) in [6.07, 6.45) is 2.02. The highest BCUT2D eigenvalue weighted by molar-refractivity contribution is 8.00.